The third kappa shape index (κ3) is 11.5. The van der Waals surface area contributed by atoms with Crippen LogP contribution in [-0.4, -0.2) is 75.2 Å². The van der Waals surface area contributed by atoms with Gasteiger partial charge in [-0.2, -0.15) is 0 Å². The number of nitrogens with one attached hydrogen (secondary N) is 3. The summed E-state index contributed by atoms with van der Waals surface area (Å²) in [5.41, 5.74) is 3.34. The molecule has 2 aliphatic heterocycles. The van der Waals surface area contributed by atoms with E-state index in [1.165, 1.54) is 0 Å². The summed E-state index contributed by atoms with van der Waals surface area (Å²) >= 11 is 0. The fourth-order valence-electron chi connectivity index (χ4n) is 9.37. The second kappa shape index (κ2) is 20.0. The summed E-state index contributed by atoms with van der Waals surface area (Å²) in [5, 5.41) is 6.20. The molecule has 3 heterocycles. The Balaban J connectivity index is 1.01. The van der Waals surface area contributed by atoms with E-state index in [4.69, 9.17) is 0 Å². The van der Waals surface area contributed by atoms with Crippen molar-refractivity contribution in [2.75, 3.05) is 18.4 Å². The summed E-state index contributed by atoms with van der Waals surface area (Å²) in [6, 6.07) is 28.0. The molecule has 4 amide bonds. The molecule has 346 valence electrons. The lowest BCUT2D eigenvalue weighted by molar-refractivity contribution is -0.141. The van der Waals surface area contributed by atoms with Crippen LogP contribution in [-0.2, 0) is 35.2 Å². The molecular formula is C54H62FN5O6. The van der Waals surface area contributed by atoms with E-state index in [9.17, 15) is 28.8 Å². The highest BCUT2D eigenvalue weighted by Gasteiger charge is 2.40. The number of nitrogens with zero attached hydrogens (tertiary/aromatic N) is 2. The van der Waals surface area contributed by atoms with Gasteiger partial charge in [0.25, 0.3) is 0 Å². The van der Waals surface area contributed by atoms with E-state index in [1.807, 2.05) is 90.1 Å². The highest BCUT2D eigenvalue weighted by Crippen LogP contribution is 2.34. The van der Waals surface area contributed by atoms with Gasteiger partial charge in [0.1, 0.15) is 17.9 Å². The molecule has 7 rings (SSSR count). The largest absolute Gasteiger partial charge is 0.352 e. The summed E-state index contributed by atoms with van der Waals surface area (Å²) in [5.74, 6) is -2.47. The molecule has 1 aromatic heterocycles. The number of hydrogen-bond acceptors (Lipinski definition) is 6. The fraction of sp³-hybridized carbons (Fsp3) is 0.407. The van der Waals surface area contributed by atoms with E-state index in [0.29, 0.717) is 78.5 Å². The Labute approximate surface area is 386 Å². The minimum atomic E-state index is -0.933. The number of H-pyrrole nitrogens is 1. The number of amides is 4. The van der Waals surface area contributed by atoms with Gasteiger partial charge in [-0.25, -0.2) is 4.39 Å². The second-order valence-electron chi connectivity index (χ2n) is 20.4. The SMILES string of the molecule is CC(C)(C)CC(=O)C[C@H](C(=O)N1CCC[C@H]1C(=O)Nc1ccc(-c2[nH]c3ccc(CC(=O)[C@@H]4CCCN4C(=O)[C@@H](NC(=O)CC(C)(C)C)c4ccccc4)cc3c2F)cc1)c1ccccc1. The lowest BCUT2D eigenvalue weighted by atomic mass is 9.84. The van der Waals surface area contributed by atoms with Gasteiger partial charge in [-0.05, 0) is 77.5 Å². The summed E-state index contributed by atoms with van der Waals surface area (Å²) in [4.78, 5) is 88.5. The number of aromatic amines is 1. The summed E-state index contributed by atoms with van der Waals surface area (Å²) < 4.78 is 16.2. The Kier molecular flexibility index (Phi) is 14.4. The number of aromatic nitrogens is 1. The number of Topliss-reactive ketones (excluding diaryl/α,β-unsaturated/α-hetero) is 2. The van der Waals surface area contributed by atoms with E-state index >= 15 is 4.39 Å². The molecule has 0 radical (unpaired) electrons. The van der Waals surface area contributed by atoms with Crippen LogP contribution in [0.15, 0.2) is 103 Å². The van der Waals surface area contributed by atoms with Gasteiger partial charge in [-0.3, -0.25) is 28.8 Å². The number of fused-ring (bicyclic) bond motifs is 1. The lowest BCUT2D eigenvalue weighted by Gasteiger charge is -2.29. The van der Waals surface area contributed by atoms with Gasteiger partial charge in [0.2, 0.25) is 23.6 Å². The Hall–Kier alpha value is -6.43. The molecule has 0 spiro atoms. The van der Waals surface area contributed by atoms with Crippen LogP contribution in [0.4, 0.5) is 10.1 Å². The maximum atomic E-state index is 16.2. The number of ketones is 2. The number of carbonyl (C=O) groups excluding carboxylic acids is 6. The topological polar surface area (TPSA) is 149 Å². The molecule has 3 N–H and O–H groups in total. The van der Waals surface area contributed by atoms with Crippen molar-refractivity contribution in [3.63, 3.8) is 0 Å². The fourth-order valence-corrected chi connectivity index (χ4v) is 9.37. The number of benzene rings is 4. The molecule has 2 saturated heterocycles. The van der Waals surface area contributed by atoms with Gasteiger partial charge in [-0.1, -0.05) is 120 Å². The Morgan fingerprint density at radius 3 is 1.92 bits per heavy atom. The first kappa shape index (κ1) is 47.5. The third-order valence-corrected chi connectivity index (χ3v) is 12.4. The van der Waals surface area contributed by atoms with E-state index < -0.39 is 29.9 Å². The van der Waals surface area contributed by atoms with Crippen LogP contribution >= 0.6 is 0 Å². The molecule has 0 aliphatic carbocycles. The predicted octanol–water partition coefficient (Wildman–Crippen LogP) is 9.48. The number of anilines is 1. The molecule has 0 bridgehead atoms. The number of hydrogen-bond donors (Lipinski definition) is 3. The van der Waals surface area contributed by atoms with Crippen LogP contribution in [0.5, 0.6) is 0 Å². The van der Waals surface area contributed by atoms with Crippen LogP contribution in [0.1, 0.15) is 115 Å². The number of likely N-dealkylation sites (tertiary alicyclic amines) is 2. The normalized spacial score (nSPS) is 17.4. The average Bonchev–Trinajstić information content (AvgIpc) is 4.04. The van der Waals surface area contributed by atoms with Gasteiger partial charge in [0.15, 0.2) is 11.6 Å². The van der Waals surface area contributed by atoms with Crippen LogP contribution in [0.25, 0.3) is 22.2 Å². The zero-order chi connectivity index (χ0) is 47.3. The van der Waals surface area contributed by atoms with Crippen LogP contribution in [0, 0.1) is 16.6 Å². The van der Waals surface area contributed by atoms with Crippen molar-refractivity contribution in [3.8, 4) is 11.3 Å². The quantitative estimate of drug-likeness (QED) is 0.0954. The molecule has 4 atom stereocenters. The first-order chi connectivity index (χ1) is 31.3. The first-order valence-corrected chi connectivity index (χ1v) is 23.1. The molecular weight excluding hydrogens is 834 g/mol. The molecule has 2 aliphatic rings. The van der Waals surface area contributed by atoms with E-state index in [1.54, 1.807) is 64.4 Å². The van der Waals surface area contributed by atoms with Crippen LogP contribution in [0.2, 0.25) is 0 Å². The predicted molar refractivity (Wildman–Crippen MR) is 255 cm³/mol. The van der Waals surface area contributed by atoms with Crippen molar-refractivity contribution in [1.29, 1.82) is 0 Å². The Morgan fingerprint density at radius 2 is 1.30 bits per heavy atom. The third-order valence-electron chi connectivity index (χ3n) is 12.4. The average molecular weight is 896 g/mol. The van der Waals surface area contributed by atoms with E-state index in [0.717, 1.165) is 5.56 Å². The van der Waals surface area contributed by atoms with Crippen molar-refractivity contribution in [3.05, 3.63) is 126 Å². The van der Waals surface area contributed by atoms with Crippen molar-refractivity contribution in [1.82, 2.24) is 20.1 Å². The highest BCUT2D eigenvalue weighted by atomic mass is 19.1. The van der Waals surface area contributed by atoms with Gasteiger partial charge >= 0.3 is 0 Å². The Morgan fingerprint density at radius 1 is 0.712 bits per heavy atom. The maximum absolute atomic E-state index is 16.2. The molecule has 11 nitrogen and oxygen atoms in total. The van der Waals surface area contributed by atoms with E-state index in [2.05, 4.69) is 15.6 Å². The first-order valence-electron chi connectivity index (χ1n) is 23.1. The molecule has 0 unspecified atom stereocenters. The smallest absolute Gasteiger partial charge is 0.250 e. The lowest BCUT2D eigenvalue weighted by Crippen LogP contribution is -2.48. The van der Waals surface area contributed by atoms with Crippen molar-refractivity contribution >= 4 is 51.8 Å². The molecule has 4 aromatic carbocycles. The summed E-state index contributed by atoms with van der Waals surface area (Å²) in [6.07, 6.45) is 2.93. The van der Waals surface area contributed by atoms with Crippen molar-refractivity contribution < 1.29 is 33.2 Å². The summed E-state index contributed by atoms with van der Waals surface area (Å²) in [7, 11) is 0. The molecule has 12 heteroatoms. The van der Waals surface area contributed by atoms with Crippen molar-refractivity contribution in [2.45, 2.75) is 117 Å². The minimum Gasteiger partial charge on any atom is -0.352 e. The van der Waals surface area contributed by atoms with Crippen LogP contribution < -0.4 is 10.6 Å². The zero-order valence-corrected chi connectivity index (χ0v) is 38.9. The van der Waals surface area contributed by atoms with Crippen LogP contribution in [0.3, 0.4) is 0 Å². The number of rotatable bonds is 15. The molecule has 66 heavy (non-hydrogen) atoms. The summed E-state index contributed by atoms with van der Waals surface area (Å²) in [6.45, 7) is 12.7. The van der Waals surface area contributed by atoms with Gasteiger partial charge in [0.05, 0.1) is 17.7 Å². The number of carbonyl (C=O) groups is 6. The number of halogens is 1. The van der Waals surface area contributed by atoms with E-state index in [-0.39, 0.29) is 71.0 Å². The molecule has 2 fully saturated rings. The maximum Gasteiger partial charge on any atom is 0.250 e. The standard InChI is InChI=1S/C54H62FN5O6/c1-53(2,3)32-39(61)31-40(35-15-9-7-10-16-35)51(65)60-28-14-20-44(60)50(64)56-38-24-22-37(23-25-38)48-47(55)41-29-34(21-26-42(41)57-48)30-45(62)43-19-13-27-59(43)52(66)49(36-17-11-8-12-18-36)58-46(63)33-54(4,5)6/h7-12,15-18,21-26,29,40,43-44,49,57H,13-14,19-20,27-28,30-33H2,1-6H3,(H,56,64)(H,58,63)/t40-,43-,44-,49-/m0/s1. The molecule has 0 saturated carbocycles. The molecule has 5 aromatic rings. The van der Waals surface area contributed by atoms with Gasteiger partial charge < -0.3 is 25.4 Å². The Bertz CT molecular complexity index is 2580. The zero-order valence-electron chi connectivity index (χ0n) is 38.9. The minimum absolute atomic E-state index is 0.00142. The second-order valence-corrected chi connectivity index (χ2v) is 20.4. The highest BCUT2D eigenvalue weighted by molar-refractivity contribution is 6.00. The van der Waals surface area contributed by atoms with Gasteiger partial charge in [-0.15, -0.1) is 0 Å². The van der Waals surface area contributed by atoms with Crippen molar-refractivity contribution in [2.24, 2.45) is 10.8 Å². The monoisotopic (exact) mass is 895 g/mol. The van der Waals surface area contributed by atoms with Gasteiger partial charge in [0, 0.05) is 60.9 Å².